The van der Waals surface area contributed by atoms with Gasteiger partial charge >= 0.3 is 0 Å². The molecule has 1 aromatic heterocycles. The van der Waals surface area contributed by atoms with Gasteiger partial charge in [-0.3, -0.25) is 0 Å². The van der Waals surface area contributed by atoms with E-state index in [9.17, 15) is 0 Å². The van der Waals surface area contributed by atoms with Crippen molar-refractivity contribution in [2.24, 2.45) is 0 Å². The van der Waals surface area contributed by atoms with Crippen LogP contribution in [0.2, 0.25) is 0 Å². The molecule has 102 valence electrons. The van der Waals surface area contributed by atoms with Crippen LogP contribution in [0.15, 0.2) is 28.9 Å². The Bertz CT molecular complexity index is 541. The van der Waals surface area contributed by atoms with E-state index in [1.165, 1.54) is 0 Å². The van der Waals surface area contributed by atoms with Crippen molar-refractivity contribution in [3.63, 3.8) is 0 Å². The first-order chi connectivity index (χ1) is 9.26. The first-order valence-corrected chi connectivity index (χ1v) is 6.99. The van der Waals surface area contributed by atoms with E-state index in [0.717, 1.165) is 41.1 Å². The van der Waals surface area contributed by atoms with Crippen molar-refractivity contribution >= 4 is 15.9 Å². The summed E-state index contributed by atoms with van der Waals surface area (Å²) in [5.74, 6) is 0.793. The molecule has 0 saturated heterocycles. The van der Waals surface area contributed by atoms with Crippen LogP contribution in [-0.2, 0) is 6.54 Å². The molecule has 1 heterocycles. The molecule has 19 heavy (non-hydrogen) atoms. The summed E-state index contributed by atoms with van der Waals surface area (Å²) in [4.78, 5) is 0. The third-order valence-electron chi connectivity index (χ3n) is 2.73. The van der Waals surface area contributed by atoms with Crippen molar-refractivity contribution in [2.45, 2.75) is 19.9 Å². The van der Waals surface area contributed by atoms with Crippen LogP contribution in [0.4, 0.5) is 0 Å². The normalized spacial score (nSPS) is 10.7. The molecule has 0 radical (unpaired) electrons. The predicted molar refractivity (Wildman–Crippen MR) is 77.6 cm³/mol. The molecule has 1 aromatic carbocycles. The summed E-state index contributed by atoms with van der Waals surface area (Å²) in [6.45, 7) is 3.86. The SMILES string of the molecule is CCCNCc1cnnn1-c1cc(OC)ccc1Br. The molecule has 0 amide bonds. The van der Waals surface area contributed by atoms with Gasteiger partial charge in [-0.2, -0.15) is 0 Å². The van der Waals surface area contributed by atoms with E-state index >= 15 is 0 Å². The van der Waals surface area contributed by atoms with E-state index in [0.29, 0.717) is 0 Å². The second-order valence-electron chi connectivity index (χ2n) is 4.13. The zero-order chi connectivity index (χ0) is 13.7. The standard InChI is InChI=1S/C13H17BrN4O/c1-3-6-15-8-10-9-16-17-18(10)13-7-11(19-2)4-5-12(13)14/h4-5,7,9,15H,3,6,8H2,1-2H3. The lowest BCUT2D eigenvalue weighted by Gasteiger charge is -2.10. The van der Waals surface area contributed by atoms with Crippen LogP contribution in [0.5, 0.6) is 5.75 Å². The number of benzene rings is 1. The Morgan fingerprint density at radius 2 is 2.26 bits per heavy atom. The molecule has 2 aromatic rings. The molecule has 0 bridgehead atoms. The summed E-state index contributed by atoms with van der Waals surface area (Å²) < 4.78 is 8.02. The van der Waals surface area contributed by atoms with Gasteiger partial charge in [0.1, 0.15) is 5.75 Å². The van der Waals surface area contributed by atoms with Gasteiger partial charge in [-0.05, 0) is 41.0 Å². The minimum atomic E-state index is 0.741. The van der Waals surface area contributed by atoms with Crippen LogP contribution < -0.4 is 10.1 Å². The fraction of sp³-hybridized carbons (Fsp3) is 0.385. The maximum atomic E-state index is 5.25. The predicted octanol–water partition coefficient (Wildman–Crippen LogP) is 2.54. The number of methoxy groups -OCH3 is 1. The summed E-state index contributed by atoms with van der Waals surface area (Å²) >= 11 is 3.53. The third-order valence-corrected chi connectivity index (χ3v) is 3.40. The Balaban J connectivity index is 2.28. The highest BCUT2D eigenvalue weighted by Crippen LogP contribution is 2.26. The number of nitrogens with one attached hydrogen (secondary N) is 1. The molecular weight excluding hydrogens is 308 g/mol. The Hall–Kier alpha value is -1.40. The summed E-state index contributed by atoms with van der Waals surface area (Å²) in [6.07, 6.45) is 2.87. The molecule has 2 rings (SSSR count). The van der Waals surface area contributed by atoms with Crippen LogP contribution in [0, 0.1) is 0 Å². The highest BCUT2D eigenvalue weighted by Gasteiger charge is 2.10. The minimum absolute atomic E-state index is 0.741. The lowest BCUT2D eigenvalue weighted by atomic mass is 10.3. The Kier molecular flexibility index (Phi) is 4.93. The molecule has 0 aliphatic heterocycles. The van der Waals surface area contributed by atoms with Crippen LogP contribution in [0.3, 0.4) is 0 Å². The number of hydrogen-bond donors (Lipinski definition) is 1. The third kappa shape index (κ3) is 3.33. The van der Waals surface area contributed by atoms with E-state index in [-0.39, 0.29) is 0 Å². The quantitative estimate of drug-likeness (QED) is 0.830. The van der Waals surface area contributed by atoms with Gasteiger partial charge in [0.15, 0.2) is 0 Å². The molecule has 1 N–H and O–H groups in total. The zero-order valence-electron chi connectivity index (χ0n) is 11.1. The number of hydrogen-bond acceptors (Lipinski definition) is 4. The highest BCUT2D eigenvalue weighted by molar-refractivity contribution is 9.10. The second-order valence-corrected chi connectivity index (χ2v) is 4.99. The van der Waals surface area contributed by atoms with Crippen LogP contribution in [0.1, 0.15) is 19.0 Å². The molecule has 0 aliphatic carbocycles. The van der Waals surface area contributed by atoms with Crippen molar-refractivity contribution < 1.29 is 4.74 Å². The molecule has 0 atom stereocenters. The Labute approximate surface area is 121 Å². The Morgan fingerprint density at radius 3 is 3.00 bits per heavy atom. The molecular formula is C13H17BrN4O. The smallest absolute Gasteiger partial charge is 0.121 e. The zero-order valence-corrected chi connectivity index (χ0v) is 12.6. The maximum absolute atomic E-state index is 5.25. The second kappa shape index (κ2) is 6.68. The number of nitrogens with zero attached hydrogens (tertiary/aromatic N) is 3. The van der Waals surface area contributed by atoms with Gasteiger partial charge in [0.25, 0.3) is 0 Å². The molecule has 0 fully saturated rings. The summed E-state index contributed by atoms with van der Waals surface area (Å²) in [7, 11) is 1.65. The van der Waals surface area contributed by atoms with Gasteiger partial charge in [0.2, 0.25) is 0 Å². The van der Waals surface area contributed by atoms with Crippen molar-refractivity contribution in [3.8, 4) is 11.4 Å². The summed E-state index contributed by atoms with van der Waals surface area (Å²) in [5.41, 5.74) is 1.94. The number of rotatable bonds is 6. The molecule has 6 heteroatoms. The number of ether oxygens (including phenoxy) is 1. The van der Waals surface area contributed by atoms with E-state index in [1.54, 1.807) is 13.3 Å². The van der Waals surface area contributed by atoms with Crippen molar-refractivity contribution in [1.82, 2.24) is 20.3 Å². The lowest BCUT2D eigenvalue weighted by molar-refractivity contribution is 0.414. The van der Waals surface area contributed by atoms with E-state index < -0.39 is 0 Å². The van der Waals surface area contributed by atoms with Crippen LogP contribution in [-0.4, -0.2) is 28.6 Å². The van der Waals surface area contributed by atoms with Gasteiger partial charge in [-0.1, -0.05) is 12.1 Å². The number of halogens is 1. The van der Waals surface area contributed by atoms with E-state index in [4.69, 9.17) is 4.74 Å². The van der Waals surface area contributed by atoms with Crippen molar-refractivity contribution in [3.05, 3.63) is 34.6 Å². The van der Waals surface area contributed by atoms with Gasteiger partial charge in [-0.25, -0.2) is 4.68 Å². The monoisotopic (exact) mass is 324 g/mol. The highest BCUT2D eigenvalue weighted by atomic mass is 79.9. The van der Waals surface area contributed by atoms with E-state index in [1.807, 2.05) is 22.9 Å². The molecule has 0 aliphatic rings. The van der Waals surface area contributed by atoms with Crippen LogP contribution in [0.25, 0.3) is 5.69 Å². The van der Waals surface area contributed by atoms with Crippen molar-refractivity contribution in [2.75, 3.05) is 13.7 Å². The summed E-state index contributed by atoms with van der Waals surface area (Å²) in [5, 5.41) is 11.5. The molecule has 0 unspecified atom stereocenters. The van der Waals surface area contributed by atoms with Crippen molar-refractivity contribution in [1.29, 1.82) is 0 Å². The largest absolute Gasteiger partial charge is 0.497 e. The molecule has 5 nitrogen and oxygen atoms in total. The maximum Gasteiger partial charge on any atom is 0.121 e. The average Bonchev–Trinajstić information content (AvgIpc) is 2.88. The summed E-state index contributed by atoms with van der Waals surface area (Å²) in [6, 6.07) is 5.78. The van der Waals surface area contributed by atoms with E-state index in [2.05, 4.69) is 38.5 Å². The van der Waals surface area contributed by atoms with Gasteiger partial charge in [0, 0.05) is 17.1 Å². The number of aromatic nitrogens is 3. The lowest BCUT2D eigenvalue weighted by Crippen LogP contribution is -2.17. The van der Waals surface area contributed by atoms with Gasteiger partial charge < -0.3 is 10.1 Å². The first kappa shape index (κ1) is 14.0. The fourth-order valence-corrected chi connectivity index (χ4v) is 2.17. The minimum Gasteiger partial charge on any atom is -0.497 e. The van der Waals surface area contributed by atoms with Gasteiger partial charge in [-0.15, -0.1) is 5.10 Å². The first-order valence-electron chi connectivity index (χ1n) is 6.20. The molecule has 0 saturated carbocycles. The topological polar surface area (TPSA) is 52.0 Å². The Morgan fingerprint density at radius 1 is 1.42 bits per heavy atom. The van der Waals surface area contributed by atoms with Gasteiger partial charge in [0.05, 0.1) is 24.7 Å². The average molecular weight is 325 g/mol. The fourth-order valence-electron chi connectivity index (χ4n) is 1.75. The van der Waals surface area contributed by atoms with Crippen LogP contribution >= 0.6 is 15.9 Å². The molecule has 0 spiro atoms.